The molecule has 0 bridgehead atoms. The standard InChI is InChI=1S/C16H24N4O/c1-4-19(5-2)12-13(3)17-11-14-10-16(21)20-9-7-6-8-15(20)18-14/h6-10,13,17H,4-5,11-12H2,1-3H3. The van der Waals surface area contributed by atoms with Crippen molar-refractivity contribution in [3.05, 3.63) is 46.5 Å². The van der Waals surface area contributed by atoms with Crippen LogP contribution >= 0.6 is 0 Å². The van der Waals surface area contributed by atoms with Gasteiger partial charge in [0.2, 0.25) is 0 Å². The molecular formula is C16H24N4O. The van der Waals surface area contributed by atoms with Gasteiger partial charge in [-0.3, -0.25) is 9.20 Å². The first-order valence-corrected chi connectivity index (χ1v) is 7.57. The summed E-state index contributed by atoms with van der Waals surface area (Å²) in [6.07, 6.45) is 1.74. The summed E-state index contributed by atoms with van der Waals surface area (Å²) in [5, 5.41) is 3.44. The summed E-state index contributed by atoms with van der Waals surface area (Å²) >= 11 is 0. The van der Waals surface area contributed by atoms with Crippen LogP contribution in [0.1, 0.15) is 26.5 Å². The van der Waals surface area contributed by atoms with Gasteiger partial charge in [0.1, 0.15) is 5.65 Å². The van der Waals surface area contributed by atoms with Crippen LogP contribution in [0.3, 0.4) is 0 Å². The Kier molecular flexibility index (Phi) is 5.47. The highest BCUT2D eigenvalue weighted by Crippen LogP contribution is 1.99. The summed E-state index contributed by atoms with van der Waals surface area (Å²) in [6, 6.07) is 7.54. The fourth-order valence-corrected chi connectivity index (χ4v) is 2.41. The molecule has 2 rings (SSSR count). The molecule has 0 saturated heterocycles. The number of nitrogens with zero attached hydrogens (tertiary/aromatic N) is 3. The first-order valence-electron chi connectivity index (χ1n) is 7.57. The summed E-state index contributed by atoms with van der Waals surface area (Å²) in [5.41, 5.74) is 1.45. The lowest BCUT2D eigenvalue weighted by molar-refractivity contribution is 0.270. The minimum absolute atomic E-state index is 0.0335. The third kappa shape index (κ3) is 4.12. The number of hydrogen-bond acceptors (Lipinski definition) is 4. The summed E-state index contributed by atoms with van der Waals surface area (Å²) in [6.45, 7) is 10.2. The second-order valence-electron chi connectivity index (χ2n) is 5.28. The molecule has 0 fully saturated rings. The Hall–Kier alpha value is -1.72. The number of likely N-dealkylation sites (N-methyl/N-ethyl adjacent to an activating group) is 1. The number of aromatic nitrogens is 2. The maximum Gasteiger partial charge on any atom is 0.258 e. The third-order valence-corrected chi connectivity index (χ3v) is 3.68. The van der Waals surface area contributed by atoms with Gasteiger partial charge in [-0.15, -0.1) is 0 Å². The van der Waals surface area contributed by atoms with Crippen molar-refractivity contribution in [2.45, 2.75) is 33.4 Å². The van der Waals surface area contributed by atoms with E-state index in [9.17, 15) is 4.79 Å². The molecule has 1 atom stereocenters. The molecule has 1 unspecified atom stereocenters. The van der Waals surface area contributed by atoms with Crippen LogP contribution in [0.4, 0.5) is 0 Å². The highest BCUT2D eigenvalue weighted by atomic mass is 16.1. The summed E-state index contributed by atoms with van der Waals surface area (Å²) in [4.78, 5) is 18.9. The molecule has 0 aliphatic heterocycles. The van der Waals surface area contributed by atoms with Crippen molar-refractivity contribution >= 4 is 5.65 Å². The van der Waals surface area contributed by atoms with Gasteiger partial charge in [-0.05, 0) is 32.1 Å². The molecule has 0 aromatic carbocycles. The summed E-state index contributed by atoms with van der Waals surface area (Å²) in [7, 11) is 0. The average molecular weight is 288 g/mol. The van der Waals surface area contributed by atoms with E-state index >= 15 is 0 Å². The monoisotopic (exact) mass is 288 g/mol. The summed E-state index contributed by atoms with van der Waals surface area (Å²) < 4.78 is 1.56. The van der Waals surface area contributed by atoms with E-state index < -0.39 is 0 Å². The van der Waals surface area contributed by atoms with E-state index in [-0.39, 0.29) is 5.56 Å². The fraction of sp³-hybridized carbons (Fsp3) is 0.500. The van der Waals surface area contributed by atoms with Crippen LogP contribution in [-0.4, -0.2) is 40.0 Å². The molecule has 0 saturated carbocycles. The summed E-state index contributed by atoms with van der Waals surface area (Å²) in [5.74, 6) is 0. The Bertz CT molecular complexity index is 633. The first-order chi connectivity index (χ1) is 10.1. The van der Waals surface area contributed by atoms with E-state index in [1.54, 1.807) is 16.7 Å². The van der Waals surface area contributed by atoms with Crippen molar-refractivity contribution < 1.29 is 0 Å². The molecule has 5 heteroatoms. The molecular weight excluding hydrogens is 264 g/mol. The Morgan fingerprint density at radius 3 is 2.81 bits per heavy atom. The zero-order chi connectivity index (χ0) is 15.2. The van der Waals surface area contributed by atoms with E-state index in [2.05, 4.69) is 36.0 Å². The second kappa shape index (κ2) is 7.33. The molecule has 0 radical (unpaired) electrons. The maximum atomic E-state index is 12.0. The lowest BCUT2D eigenvalue weighted by Gasteiger charge is -2.23. The predicted molar refractivity (Wildman–Crippen MR) is 85.6 cm³/mol. The van der Waals surface area contributed by atoms with E-state index in [1.165, 1.54) is 0 Å². The predicted octanol–water partition coefficient (Wildman–Crippen LogP) is 1.51. The van der Waals surface area contributed by atoms with Crippen molar-refractivity contribution in [1.82, 2.24) is 19.6 Å². The van der Waals surface area contributed by atoms with E-state index in [0.717, 1.165) is 25.3 Å². The Morgan fingerprint density at radius 1 is 1.33 bits per heavy atom. The van der Waals surface area contributed by atoms with Crippen LogP contribution in [0.5, 0.6) is 0 Å². The Balaban J connectivity index is 2.02. The zero-order valence-corrected chi connectivity index (χ0v) is 13.0. The SMILES string of the molecule is CCN(CC)CC(C)NCc1cc(=O)n2ccccc2n1. The molecule has 1 N–H and O–H groups in total. The van der Waals surface area contributed by atoms with Crippen molar-refractivity contribution in [1.29, 1.82) is 0 Å². The number of hydrogen-bond donors (Lipinski definition) is 1. The van der Waals surface area contributed by atoms with Gasteiger partial charge in [-0.25, -0.2) is 4.98 Å². The number of pyridine rings is 1. The maximum absolute atomic E-state index is 12.0. The van der Waals surface area contributed by atoms with E-state index in [1.807, 2.05) is 18.2 Å². The van der Waals surface area contributed by atoms with Gasteiger partial charge in [-0.1, -0.05) is 19.9 Å². The molecule has 114 valence electrons. The molecule has 0 spiro atoms. The van der Waals surface area contributed by atoms with Gasteiger partial charge >= 0.3 is 0 Å². The molecule has 0 amide bonds. The minimum atomic E-state index is -0.0335. The van der Waals surface area contributed by atoms with Crippen LogP contribution in [-0.2, 0) is 6.54 Å². The topological polar surface area (TPSA) is 49.6 Å². The van der Waals surface area contributed by atoms with Crippen LogP contribution in [0.25, 0.3) is 5.65 Å². The Labute approximate surface area is 125 Å². The first kappa shape index (κ1) is 15.7. The van der Waals surface area contributed by atoms with Crippen LogP contribution in [0, 0.1) is 0 Å². The molecule has 2 aromatic heterocycles. The van der Waals surface area contributed by atoms with E-state index in [0.29, 0.717) is 18.2 Å². The van der Waals surface area contributed by atoms with Crippen molar-refractivity contribution in [2.75, 3.05) is 19.6 Å². The highest BCUT2D eigenvalue weighted by molar-refractivity contribution is 5.37. The van der Waals surface area contributed by atoms with Gasteiger partial charge in [-0.2, -0.15) is 0 Å². The van der Waals surface area contributed by atoms with Gasteiger partial charge in [0.25, 0.3) is 5.56 Å². The van der Waals surface area contributed by atoms with Gasteiger partial charge in [0.05, 0.1) is 5.69 Å². The third-order valence-electron chi connectivity index (χ3n) is 3.68. The van der Waals surface area contributed by atoms with Crippen LogP contribution < -0.4 is 10.9 Å². The van der Waals surface area contributed by atoms with E-state index in [4.69, 9.17) is 0 Å². The normalized spacial score (nSPS) is 13.0. The Morgan fingerprint density at radius 2 is 2.10 bits per heavy atom. The number of fused-ring (bicyclic) bond motifs is 1. The zero-order valence-electron chi connectivity index (χ0n) is 13.0. The fourth-order valence-electron chi connectivity index (χ4n) is 2.41. The van der Waals surface area contributed by atoms with Gasteiger partial charge < -0.3 is 10.2 Å². The van der Waals surface area contributed by atoms with Crippen LogP contribution in [0.15, 0.2) is 35.3 Å². The molecule has 2 aromatic rings. The lowest BCUT2D eigenvalue weighted by atomic mass is 10.3. The smallest absolute Gasteiger partial charge is 0.258 e. The quantitative estimate of drug-likeness (QED) is 0.839. The van der Waals surface area contributed by atoms with Crippen molar-refractivity contribution in [3.63, 3.8) is 0 Å². The highest BCUT2D eigenvalue weighted by Gasteiger charge is 2.08. The van der Waals surface area contributed by atoms with Crippen molar-refractivity contribution in [2.24, 2.45) is 0 Å². The van der Waals surface area contributed by atoms with Crippen molar-refractivity contribution in [3.8, 4) is 0 Å². The lowest BCUT2D eigenvalue weighted by Crippen LogP contribution is -2.39. The molecule has 0 aliphatic rings. The molecule has 0 aliphatic carbocycles. The minimum Gasteiger partial charge on any atom is -0.307 e. The van der Waals surface area contributed by atoms with Gasteiger partial charge in [0.15, 0.2) is 0 Å². The average Bonchev–Trinajstić information content (AvgIpc) is 2.50. The molecule has 5 nitrogen and oxygen atoms in total. The number of rotatable bonds is 7. The van der Waals surface area contributed by atoms with Crippen LogP contribution in [0.2, 0.25) is 0 Å². The largest absolute Gasteiger partial charge is 0.307 e. The number of nitrogens with one attached hydrogen (secondary N) is 1. The second-order valence-corrected chi connectivity index (χ2v) is 5.28. The molecule has 21 heavy (non-hydrogen) atoms. The molecule has 2 heterocycles. The van der Waals surface area contributed by atoms with Gasteiger partial charge in [0, 0.05) is 31.4 Å².